The summed E-state index contributed by atoms with van der Waals surface area (Å²) in [6.07, 6.45) is 1.84. The fourth-order valence-electron chi connectivity index (χ4n) is 3.44. The Hall–Kier alpha value is -2.88. The molecule has 1 aliphatic rings. The van der Waals surface area contributed by atoms with E-state index < -0.39 is 0 Å². The van der Waals surface area contributed by atoms with Gasteiger partial charge in [-0.2, -0.15) is 0 Å². The number of anilines is 1. The van der Waals surface area contributed by atoms with Crippen LogP contribution in [0.15, 0.2) is 48.7 Å². The highest BCUT2D eigenvalue weighted by Gasteiger charge is 2.20. The van der Waals surface area contributed by atoms with E-state index in [1.165, 1.54) is 27.6 Å². The Labute approximate surface area is 147 Å². The van der Waals surface area contributed by atoms with E-state index in [1.54, 1.807) is 6.92 Å². The number of fused-ring (bicyclic) bond motifs is 2. The van der Waals surface area contributed by atoms with Crippen LogP contribution in [0.1, 0.15) is 29.2 Å². The molecular formula is C21H21N3O. The standard InChI is InChI=1S/C21H21N3O/c1-14-5-6-16(21-20(14)4-3-9-22-21)11-23-19-8-7-17-12-24(15(2)25)13-18(17)10-19/h3-10,23H,11-13H2,1-2H3. The monoisotopic (exact) mass is 331 g/mol. The van der Waals surface area contributed by atoms with Gasteiger partial charge in [-0.25, -0.2) is 0 Å². The van der Waals surface area contributed by atoms with E-state index in [0.717, 1.165) is 24.3 Å². The number of aromatic nitrogens is 1. The van der Waals surface area contributed by atoms with E-state index in [9.17, 15) is 4.79 Å². The Kier molecular flexibility index (Phi) is 3.88. The van der Waals surface area contributed by atoms with E-state index in [1.807, 2.05) is 17.2 Å². The SMILES string of the molecule is CC(=O)N1Cc2ccc(NCc3ccc(C)c4cccnc34)cc2C1. The highest BCUT2D eigenvalue weighted by atomic mass is 16.2. The summed E-state index contributed by atoms with van der Waals surface area (Å²) in [6.45, 7) is 5.89. The van der Waals surface area contributed by atoms with Crippen molar-refractivity contribution in [3.05, 3.63) is 70.9 Å². The fraction of sp³-hybridized carbons (Fsp3) is 0.238. The summed E-state index contributed by atoms with van der Waals surface area (Å²) in [7, 11) is 0. The minimum Gasteiger partial charge on any atom is -0.381 e. The summed E-state index contributed by atoms with van der Waals surface area (Å²) in [4.78, 5) is 18.0. The predicted molar refractivity (Wildman–Crippen MR) is 100 cm³/mol. The lowest BCUT2D eigenvalue weighted by atomic mass is 10.0. The van der Waals surface area contributed by atoms with Gasteiger partial charge < -0.3 is 10.2 Å². The average molecular weight is 331 g/mol. The third kappa shape index (κ3) is 2.95. The summed E-state index contributed by atoms with van der Waals surface area (Å²) >= 11 is 0. The Balaban J connectivity index is 1.55. The lowest BCUT2D eigenvalue weighted by Gasteiger charge is -2.11. The smallest absolute Gasteiger partial charge is 0.220 e. The van der Waals surface area contributed by atoms with Crippen molar-refractivity contribution in [2.45, 2.75) is 33.5 Å². The molecule has 4 heteroatoms. The molecule has 0 unspecified atom stereocenters. The highest BCUT2D eigenvalue weighted by molar-refractivity contribution is 5.85. The second kappa shape index (κ2) is 6.20. The van der Waals surface area contributed by atoms with Crippen LogP contribution < -0.4 is 5.32 Å². The van der Waals surface area contributed by atoms with Crippen LogP contribution >= 0.6 is 0 Å². The number of carbonyl (C=O) groups is 1. The van der Waals surface area contributed by atoms with Crippen molar-refractivity contribution in [2.24, 2.45) is 0 Å². The molecule has 4 nitrogen and oxygen atoms in total. The first-order chi connectivity index (χ1) is 12.1. The molecule has 2 heterocycles. The summed E-state index contributed by atoms with van der Waals surface area (Å²) in [5, 5.41) is 4.70. The maximum atomic E-state index is 11.6. The molecule has 0 spiro atoms. The second-order valence-electron chi connectivity index (χ2n) is 6.65. The molecule has 0 fully saturated rings. The van der Waals surface area contributed by atoms with Gasteiger partial charge in [0.1, 0.15) is 0 Å². The molecule has 0 aliphatic carbocycles. The van der Waals surface area contributed by atoms with Crippen molar-refractivity contribution in [3.63, 3.8) is 0 Å². The predicted octanol–water partition coefficient (Wildman–Crippen LogP) is 4.02. The van der Waals surface area contributed by atoms with Crippen molar-refractivity contribution >= 4 is 22.5 Å². The van der Waals surface area contributed by atoms with E-state index in [2.05, 4.69) is 53.6 Å². The minimum absolute atomic E-state index is 0.128. The molecule has 1 N–H and O–H groups in total. The molecule has 0 saturated heterocycles. The van der Waals surface area contributed by atoms with Gasteiger partial charge in [-0.3, -0.25) is 9.78 Å². The van der Waals surface area contributed by atoms with Gasteiger partial charge in [0, 0.05) is 43.8 Å². The zero-order valence-electron chi connectivity index (χ0n) is 14.5. The van der Waals surface area contributed by atoms with Crippen LogP contribution in [0.25, 0.3) is 10.9 Å². The lowest BCUT2D eigenvalue weighted by molar-refractivity contribution is -0.129. The molecule has 2 aromatic carbocycles. The van der Waals surface area contributed by atoms with Crippen molar-refractivity contribution in [2.75, 3.05) is 5.32 Å². The number of hydrogen-bond acceptors (Lipinski definition) is 3. The molecule has 25 heavy (non-hydrogen) atoms. The maximum Gasteiger partial charge on any atom is 0.220 e. The van der Waals surface area contributed by atoms with Crippen LogP contribution in [0.5, 0.6) is 0 Å². The first-order valence-electron chi connectivity index (χ1n) is 8.56. The quantitative estimate of drug-likeness (QED) is 0.788. The first-order valence-corrected chi connectivity index (χ1v) is 8.56. The number of nitrogens with zero attached hydrogens (tertiary/aromatic N) is 2. The Morgan fingerprint density at radius 1 is 1.16 bits per heavy atom. The molecule has 0 bridgehead atoms. The molecule has 0 radical (unpaired) electrons. The molecule has 1 amide bonds. The van der Waals surface area contributed by atoms with Gasteiger partial charge in [0.25, 0.3) is 0 Å². The fourth-order valence-corrected chi connectivity index (χ4v) is 3.44. The third-order valence-electron chi connectivity index (χ3n) is 4.93. The van der Waals surface area contributed by atoms with Gasteiger partial charge in [-0.05, 0) is 47.4 Å². The van der Waals surface area contributed by atoms with Crippen molar-refractivity contribution in [3.8, 4) is 0 Å². The molecule has 0 atom stereocenters. The Morgan fingerprint density at radius 3 is 2.84 bits per heavy atom. The van der Waals surface area contributed by atoms with Crippen LogP contribution in [-0.4, -0.2) is 15.8 Å². The molecule has 1 aliphatic heterocycles. The number of amides is 1. The summed E-state index contributed by atoms with van der Waals surface area (Å²) in [6, 6.07) is 14.7. The molecule has 1 aromatic heterocycles. The van der Waals surface area contributed by atoms with Gasteiger partial charge in [0.05, 0.1) is 5.52 Å². The third-order valence-corrected chi connectivity index (χ3v) is 4.93. The zero-order valence-corrected chi connectivity index (χ0v) is 14.5. The van der Waals surface area contributed by atoms with E-state index in [4.69, 9.17) is 0 Å². The average Bonchev–Trinajstić information content (AvgIpc) is 3.05. The van der Waals surface area contributed by atoms with Crippen LogP contribution in [0.2, 0.25) is 0 Å². The van der Waals surface area contributed by atoms with Crippen molar-refractivity contribution in [1.82, 2.24) is 9.88 Å². The van der Waals surface area contributed by atoms with Crippen LogP contribution in [0, 0.1) is 6.92 Å². The van der Waals surface area contributed by atoms with Crippen molar-refractivity contribution in [1.29, 1.82) is 0 Å². The Morgan fingerprint density at radius 2 is 2.00 bits per heavy atom. The maximum absolute atomic E-state index is 11.6. The first kappa shape index (κ1) is 15.6. The van der Waals surface area contributed by atoms with Gasteiger partial charge in [0.15, 0.2) is 0 Å². The number of benzene rings is 2. The molecule has 126 valence electrons. The number of aryl methyl sites for hydroxylation is 1. The molecule has 3 aromatic rings. The highest BCUT2D eigenvalue weighted by Crippen LogP contribution is 2.27. The van der Waals surface area contributed by atoms with Gasteiger partial charge >= 0.3 is 0 Å². The largest absolute Gasteiger partial charge is 0.381 e. The van der Waals surface area contributed by atoms with Crippen LogP contribution in [0.3, 0.4) is 0 Å². The van der Waals surface area contributed by atoms with Gasteiger partial charge in [-0.1, -0.05) is 24.3 Å². The molecule has 0 saturated carbocycles. The van der Waals surface area contributed by atoms with E-state index >= 15 is 0 Å². The van der Waals surface area contributed by atoms with Gasteiger partial charge in [0.2, 0.25) is 5.91 Å². The number of hydrogen-bond donors (Lipinski definition) is 1. The summed E-state index contributed by atoms with van der Waals surface area (Å²) < 4.78 is 0. The van der Waals surface area contributed by atoms with E-state index in [0.29, 0.717) is 6.54 Å². The summed E-state index contributed by atoms with van der Waals surface area (Å²) in [5.41, 5.74) is 7.03. The van der Waals surface area contributed by atoms with Crippen LogP contribution in [0.4, 0.5) is 5.69 Å². The molecule has 4 rings (SSSR count). The summed E-state index contributed by atoms with van der Waals surface area (Å²) in [5.74, 6) is 0.128. The topological polar surface area (TPSA) is 45.2 Å². The van der Waals surface area contributed by atoms with E-state index in [-0.39, 0.29) is 5.91 Å². The zero-order chi connectivity index (χ0) is 17.4. The number of nitrogens with one attached hydrogen (secondary N) is 1. The minimum atomic E-state index is 0.128. The second-order valence-corrected chi connectivity index (χ2v) is 6.65. The Bertz CT molecular complexity index is 965. The normalized spacial score (nSPS) is 13.1. The molecular weight excluding hydrogens is 310 g/mol. The lowest BCUT2D eigenvalue weighted by Crippen LogP contribution is -2.21. The van der Waals surface area contributed by atoms with Crippen molar-refractivity contribution < 1.29 is 4.79 Å². The van der Waals surface area contributed by atoms with Gasteiger partial charge in [-0.15, -0.1) is 0 Å². The number of carbonyl (C=O) groups excluding carboxylic acids is 1. The number of pyridine rings is 1. The van der Waals surface area contributed by atoms with Crippen LogP contribution in [-0.2, 0) is 24.4 Å². The number of rotatable bonds is 3.